The third-order valence-corrected chi connectivity index (χ3v) is 1.94. The molecule has 1 aliphatic heterocycles. The normalized spacial score (nSPS) is 29.2. The predicted octanol–water partition coefficient (Wildman–Crippen LogP) is 0.617. The first kappa shape index (κ1) is 10.5. The van der Waals surface area contributed by atoms with Crippen LogP contribution in [0.15, 0.2) is 0 Å². The summed E-state index contributed by atoms with van der Waals surface area (Å²) in [6, 6.07) is -0.542. The van der Waals surface area contributed by atoms with Crippen molar-refractivity contribution >= 4 is 5.97 Å². The first-order chi connectivity index (χ1) is 5.90. The van der Waals surface area contributed by atoms with E-state index in [2.05, 4.69) is 5.32 Å². The van der Waals surface area contributed by atoms with E-state index >= 15 is 0 Å². The molecule has 1 rings (SSSR count). The lowest BCUT2D eigenvalue weighted by molar-refractivity contribution is -0.145. The zero-order valence-electron chi connectivity index (χ0n) is 8.33. The van der Waals surface area contributed by atoms with Gasteiger partial charge in [-0.2, -0.15) is 0 Å². The average molecular weight is 187 g/mol. The first-order valence-corrected chi connectivity index (χ1v) is 4.54. The van der Waals surface area contributed by atoms with Crippen LogP contribution in [0.1, 0.15) is 27.2 Å². The number of hydrogen-bond donors (Lipinski definition) is 2. The molecule has 2 N–H and O–H groups in total. The second-order valence-electron chi connectivity index (χ2n) is 4.33. The Hall–Kier alpha value is -0.610. The van der Waals surface area contributed by atoms with E-state index in [1.54, 1.807) is 0 Å². The van der Waals surface area contributed by atoms with Gasteiger partial charge in [0.25, 0.3) is 0 Å². The zero-order chi connectivity index (χ0) is 10.1. The van der Waals surface area contributed by atoms with Crippen LogP contribution in [0.5, 0.6) is 0 Å². The molecule has 0 aromatic carbocycles. The van der Waals surface area contributed by atoms with Crippen LogP contribution in [0, 0.1) is 0 Å². The Morgan fingerprint density at radius 1 is 1.54 bits per heavy atom. The molecule has 0 bridgehead atoms. The van der Waals surface area contributed by atoms with E-state index in [-0.39, 0.29) is 11.7 Å². The summed E-state index contributed by atoms with van der Waals surface area (Å²) in [5.41, 5.74) is -0.273. The van der Waals surface area contributed by atoms with Crippen LogP contribution < -0.4 is 5.32 Å². The Labute approximate surface area is 78.3 Å². The second-order valence-corrected chi connectivity index (χ2v) is 4.33. The van der Waals surface area contributed by atoms with E-state index in [0.29, 0.717) is 0 Å². The van der Waals surface area contributed by atoms with Gasteiger partial charge in [0.2, 0.25) is 0 Å². The maximum atomic E-state index is 10.8. The Balaban J connectivity index is 2.54. The summed E-state index contributed by atoms with van der Waals surface area (Å²) < 4.78 is 5.63. The lowest BCUT2D eigenvalue weighted by Crippen LogP contribution is -2.42. The van der Waals surface area contributed by atoms with Crippen molar-refractivity contribution in [2.75, 3.05) is 6.54 Å². The molecule has 1 saturated heterocycles. The molecule has 0 aromatic rings. The predicted molar refractivity (Wildman–Crippen MR) is 48.7 cm³/mol. The van der Waals surface area contributed by atoms with Crippen LogP contribution in [-0.2, 0) is 9.53 Å². The molecule has 0 saturated carbocycles. The van der Waals surface area contributed by atoms with Crippen molar-refractivity contribution in [3.63, 3.8) is 0 Å². The summed E-state index contributed by atoms with van der Waals surface area (Å²) in [5, 5.41) is 11.7. The number of aliphatic carboxylic acids is 1. The maximum absolute atomic E-state index is 10.8. The first-order valence-electron chi connectivity index (χ1n) is 4.54. The van der Waals surface area contributed by atoms with Gasteiger partial charge in [-0.15, -0.1) is 0 Å². The van der Waals surface area contributed by atoms with Gasteiger partial charge in [-0.25, -0.2) is 0 Å². The largest absolute Gasteiger partial charge is 0.480 e. The van der Waals surface area contributed by atoms with Crippen molar-refractivity contribution in [3.05, 3.63) is 0 Å². The van der Waals surface area contributed by atoms with E-state index in [4.69, 9.17) is 9.84 Å². The van der Waals surface area contributed by atoms with Gasteiger partial charge in [-0.1, -0.05) is 0 Å². The molecule has 0 radical (unpaired) electrons. The lowest BCUT2D eigenvalue weighted by Gasteiger charge is -2.26. The number of ether oxygens (including phenoxy) is 1. The summed E-state index contributed by atoms with van der Waals surface area (Å²) in [4.78, 5) is 10.8. The Bertz CT molecular complexity index is 198. The molecular formula is C9H17NO3. The summed E-state index contributed by atoms with van der Waals surface area (Å²) in [6.45, 7) is 6.52. The van der Waals surface area contributed by atoms with E-state index in [1.165, 1.54) is 0 Å². The highest BCUT2D eigenvalue weighted by molar-refractivity contribution is 5.74. The highest BCUT2D eigenvalue weighted by Gasteiger charge is 2.35. The maximum Gasteiger partial charge on any atom is 0.323 e. The molecule has 13 heavy (non-hydrogen) atoms. The Morgan fingerprint density at radius 2 is 2.15 bits per heavy atom. The SMILES string of the molecule is CC(C)(C)O[C@H]1CCN[C@@H]1C(=O)O. The van der Waals surface area contributed by atoms with Gasteiger partial charge in [0.15, 0.2) is 0 Å². The molecule has 0 aliphatic carbocycles. The van der Waals surface area contributed by atoms with Gasteiger partial charge in [-0.05, 0) is 33.7 Å². The third kappa shape index (κ3) is 2.97. The quantitative estimate of drug-likeness (QED) is 0.665. The molecule has 0 aromatic heterocycles. The van der Waals surface area contributed by atoms with Crippen molar-refractivity contribution in [1.82, 2.24) is 5.32 Å². The number of carbonyl (C=O) groups is 1. The number of hydrogen-bond acceptors (Lipinski definition) is 3. The van der Waals surface area contributed by atoms with Crippen molar-refractivity contribution in [2.45, 2.75) is 44.9 Å². The molecule has 4 nitrogen and oxygen atoms in total. The number of carboxylic acids is 1. The molecule has 0 spiro atoms. The standard InChI is InChI=1S/C9H17NO3/c1-9(2,3)13-6-4-5-10-7(6)8(11)12/h6-7,10H,4-5H2,1-3H3,(H,11,12)/t6-,7-/m0/s1. The summed E-state index contributed by atoms with van der Waals surface area (Å²) in [5.74, 6) is -0.827. The van der Waals surface area contributed by atoms with Crippen molar-refractivity contribution in [1.29, 1.82) is 0 Å². The molecule has 2 atom stereocenters. The fourth-order valence-electron chi connectivity index (χ4n) is 1.51. The van der Waals surface area contributed by atoms with E-state index < -0.39 is 12.0 Å². The number of rotatable bonds is 2. The number of nitrogens with one attached hydrogen (secondary N) is 1. The van der Waals surface area contributed by atoms with Crippen LogP contribution >= 0.6 is 0 Å². The van der Waals surface area contributed by atoms with Gasteiger partial charge < -0.3 is 15.2 Å². The minimum Gasteiger partial charge on any atom is -0.480 e. The molecular weight excluding hydrogens is 170 g/mol. The third-order valence-electron chi connectivity index (χ3n) is 1.94. The van der Waals surface area contributed by atoms with Crippen molar-refractivity contribution in [2.24, 2.45) is 0 Å². The van der Waals surface area contributed by atoms with Crippen molar-refractivity contribution in [3.8, 4) is 0 Å². The molecule has 1 aliphatic rings. The molecule has 4 heteroatoms. The molecule has 1 heterocycles. The van der Waals surface area contributed by atoms with Gasteiger partial charge in [-0.3, -0.25) is 4.79 Å². The van der Waals surface area contributed by atoms with E-state index in [1.807, 2.05) is 20.8 Å². The lowest BCUT2D eigenvalue weighted by atomic mass is 10.1. The zero-order valence-corrected chi connectivity index (χ0v) is 8.33. The van der Waals surface area contributed by atoms with Crippen LogP contribution in [0.2, 0.25) is 0 Å². The minimum atomic E-state index is -0.827. The molecule has 0 amide bonds. The molecule has 0 unspecified atom stereocenters. The summed E-state index contributed by atoms with van der Waals surface area (Å²) >= 11 is 0. The topological polar surface area (TPSA) is 58.6 Å². The second kappa shape index (κ2) is 3.64. The van der Waals surface area contributed by atoms with Crippen LogP contribution in [0.3, 0.4) is 0 Å². The fourth-order valence-corrected chi connectivity index (χ4v) is 1.51. The van der Waals surface area contributed by atoms with Crippen LogP contribution in [0.25, 0.3) is 0 Å². The number of carboxylic acid groups (broad SMARTS) is 1. The van der Waals surface area contributed by atoms with Gasteiger partial charge in [0.05, 0.1) is 11.7 Å². The summed E-state index contributed by atoms with van der Waals surface area (Å²) in [6.07, 6.45) is 0.575. The minimum absolute atomic E-state index is 0.197. The molecule has 76 valence electrons. The van der Waals surface area contributed by atoms with Crippen LogP contribution in [0.4, 0.5) is 0 Å². The Morgan fingerprint density at radius 3 is 2.62 bits per heavy atom. The Kier molecular flexibility index (Phi) is 2.93. The highest BCUT2D eigenvalue weighted by atomic mass is 16.5. The highest BCUT2D eigenvalue weighted by Crippen LogP contribution is 2.19. The smallest absolute Gasteiger partial charge is 0.323 e. The fraction of sp³-hybridized carbons (Fsp3) is 0.889. The monoisotopic (exact) mass is 187 g/mol. The molecule has 1 fully saturated rings. The average Bonchev–Trinajstić information content (AvgIpc) is 2.31. The van der Waals surface area contributed by atoms with E-state index in [9.17, 15) is 4.79 Å². The van der Waals surface area contributed by atoms with Gasteiger partial charge in [0, 0.05) is 0 Å². The van der Waals surface area contributed by atoms with E-state index in [0.717, 1.165) is 13.0 Å². The van der Waals surface area contributed by atoms with Gasteiger partial charge >= 0.3 is 5.97 Å². The summed E-state index contributed by atoms with van der Waals surface area (Å²) in [7, 11) is 0. The van der Waals surface area contributed by atoms with Crippen molar-refractivity contribution < 1.29 is 14.6 Å². The van der Waals surface area contributed by atoms with Crippen LogP contribution in [-0.4, -0.2) is 35.4 Å². The van der Waals surface area contributed by atoms with Gasteiger partial charge in [0.1, 0.15) is 6.04 Å².